The zero-order chi connectivity index (χ0) is 15.0. The average molecular weight is 273 g/mol. The van der Waals surface area contributed by atoms with Gasteiger partial charge in [-0.1, -0.05) is 6.92 Å². The molecular formula is C12H23N3O4. The van der Waals surface area contributed by atoms with Crippen molar-refractivity contribution in [3.05, 3.63) is 0 Å². The molecule has 0 aromatic heterocycles. The minimum Gasteiger partial charge on any atom is -0.481 e. The lowest BCUT2D eigenvalue weighted by Gasteiger charge is -2.20. The van der Waals surface area contributed by atoms with Crippen molar-refractivity contribution in [3.63, 3.8) is 0 Å². The molecule has 3 amide bonds. The van der Waals surface area contributed by atoms with Crippen molar-refractivity contribution in [1.82, 2.24) is 15.1 Å². The molecule has 0 fully saturated rings. The van der Waals surface area contributed by atoms with Gasteiger partial charge < -0.3 is 14.9 Å². The number of aliphatic carboxylic acids is 1. The van der Waals surface area contributed by atoms with Gasteiger partial charge in [0.1, 0.15) is 0 Å². The summed E-state index contributed by atoms with van der Waals surface area (Å²) < 4.78 is 0. The molecule has 0 saturated carbocycles. The van der Waals surface area contributed by atoms with E-state index in [1.165, 1.54) is 4.90 Å². The van der Waals surface area contributed by atoms with E-state index in [-0.39, 0.29) is 18.8 Å². The normalized spacial score (nSPS) is 12.1. The van der Waals surface area contributed by atoms with Crippen LogP contribution in [-0.2, 0) is 9.59 Å². The number of carbonyl (C=O) groups is 3. The van der Waals surface area contributed by atoms with E-state index in [1.54, 1.807) is 14.0 Å². The van der Waals surface area contributed by atoms with Crippen LogP contribution in [0.15, 0.2) is 0 Å². The molecule has 1 atom stereocenters. The molecule has 0 aromatic rings. The number of nitrogens with zero attached hydrogens (tertiary/aromatic N) is 2. The molecule has 0 aliphatic heterocycles. The van der Waals surface area contributed by atoms with Gasteiger partial charge in [-0.15, -0.1) is 0 Å². The Morgan fingerprint density at radius 2 is 1.68 bits per heavy atom. The SMILES string of the molecule is CC(CC(=O)O)CC(=O)NC(=O)N(C)CCN(C)C. The number of rotatable bonds is 7. The zero-order valence-corrected chi connectivity index (χ0v) is 12.0. The van der Waals surface area contributed by atoms with Gasteiger partial charge in [-0.2, -0.15) is 0 Å². The average Bonchev–Trinajstić information content (AvgIpc) is 2.23. The number of likely N-dealkylation sites (N-methyl/N-ethyl adjacent to an activating group) is 2. The van der Waals surface area contributed by atoms with E-state index in [2.05, 4.69) is 5.32 Å². The number of hydrogen-bond acceptors (Lipinski definition) is 4. The topological polar surface area (TPSA) is 89.9 Å². The third-order valence-corrected chi connectivity index (χ3v) is 2.53. The van der Waals surface area contributed by atoms with Crippen LogP contribution >= 0.6 is 0 Å². The lowest BCUT2D eigenvalue weighted by Crippen LogP contribution is -2.43. The molecule has 0 saturated heterocycles. The Balaban J connectivity index is 4.04. The predicted octanol–water partition coefficient (Wildman–Crippen LogP) is 0.217. The molecule has 0 bridgehead atoms. The van der Waals surface area contributed by atoms with Crippen molar-refractivity contribution >= 4 is 17.9 Å². The molecule has 0 aliphatic carbocycles. The molecule has 1 unspecified atom stereocenters. The standard InChI is InChI=1S/C12H23N3O4/c1-9(8-11(17)18)7-10(16)13-12(19)15(4)6-5-14(2)3/h9H,5-8H2,1-4H3,(H,17,18)(H,13,16,19). The van der Waals surface area contributed by atoms with Crippen LogP contribution in [0, 0.1) is 5.92 Å². The fourth-order valence-electron chi connectivity index (χ4n) is 1.40. The second-order valence-electron chi connectivity index (χ2n) is 4.99. The predicted molar refractivity (Wildman–Crippen MR) is 70.8 cm³/mol. The summed E-state index contributed by atoms with van der Waals surface area (Å²) in [6.45, 7) is 2.87. The summed E-state index contributed by atoms with van der Waals surface area (Å²) in [5.74, 6) is -1.69. The van der Waals surface area contributed by atoms with E-state index < -0.39 is 17.9 Å². The third-order valence-electron chi connectivity index (χ3n) is 2.53. The summed E-state index contributed by atoms with van der Waals surface area (Å²) in [4.78, 5) is 37.0. The lowest BCUT2D eigenvalue weighted by molar-refractivity contribution is -0.138. The van der Waals surface area contributed by atoms with E-state index in [1.807, 2.05) is 19.0 Å². The van der Waals surface area contributed by atoms with Gasteiger partial charge in [0.2, 0.25) is 5.91 Å². The van der Waals surface area contributed by atoms with Crippen molar-refractivity contribution in [1.29, 1.82) is 0 Å². The fourth-order valence-corrected chi connectivity index (χ4v) is 1.40. The van der Waals surface area contributed by atoms with Crippen LogP contribution in [-0.4, -0.2) is 67.0 Å². The second kappa shape index (κ2) is 8.47. The van der Waals surface area contributed by atoms with Crippen LogP contribution in [0.5, 0.6) is 0 Å². The van der Waals surface area contributed by atoms with E-state index in [0.29, 0.717) is 13.1 Å². The smallest absolute Gasteiger partial charge is 0.323 e. The molecule has 0 rings (SSSR count). The highest BCUT2D eigenvalue weighted by molar-refractivity contribution is 5.94. The number of amides is 3. The molecule has 0 aromatic carbocycles. The molecule has 0 aliphatic rings. The van der Waals surface area contributed by atoms with Crippen LogP contribution < -0.4 is 5.32 Å². The van der Waals surface area contributed by atoms with Crippen molar-refractivity contribution in [3.8, 4) is 0 Å². The van der Waals surface area contributed by atoms with Crippen molar-refractivity contribution in [2.75, 3.05) is 34.2 Å². The Kier molecular flexibility index (Phi) is 7.74. The number of carboxylic acid groups (broad SMARTS) is 1. The molecule has 0 radical (unpaired) electrons. The van der Waals surface area contributed by atoms with Gasteiger partial charge in [0.25, 0.3) is 0 Å². The number of nitrogens with one attached hydrogen (secondary N) is 1. The lowest BCUT2D eigenvalue weighted by atomic mass is 10.0. The number of carbonyl (C=O) groups excluding carboxylic acids is 2. The summed E-state index contributed by atoms with van der Waals surface area (Å²) in [7, 11) is 5.39. The largest absolute Gasteiger partial charge is 0.481 e. The zero-order valence-electron chi connectivity index (χ0n) is 12.0. The summed E-state index contributed by atoms with van der Waals surface area (Å²) in [5.41, 5.74) is 0. The minimum atomic E-state index is -0.949. The van der Waals surface area contributed by atoms with Crippen molar-refractivity contribution in [2.24, 2.45) is 5.92 Å². The Bertz CT molecular complexity index is 331. The number of urea groups is 1. The van der Waals surface area contributed by atoms with Gasteiger partial charge in [0.15, 0.2) is 0 Å². The number of hydrogen-bond donors (Lipinski definition) is 2. The maximum absolute atomic E-state index is 11.6. The fraction of sp³-hybridized carbons (Fsp3) is 0.750. The minimum absolute atomic E-state index is 0.0273. The molecular weight excluding hydrogens is 250 g/mol. The quantitative estimate of drug-likeness (QED) is 0.692. The number of imide groups is 1. The monoisotopic (exact) mass is 273 g/mol. The first-order valence-corrected chi connectivity index (χ1v) is 6.13. The number of carboxylic acids is 1. The molecule has 0 spiro atoms. The van der Waals surface area contributed by atoms with E-state index >= 15 is 0 Å². The Morgan fingerprint density at radius 3 is 2.16 bits per heavy atom. The first-order chi connectivity index (χ1) is 8.72. The highest BCUT2D eigenvalue weighted by atomic mass is 16.4. The molecule has 110 valence electrons. The second-order valence-corrected chi connectivity index (χ2v) is 4.99. The Morgan fingerprint density at radius 1 is 1.11 bits per heavy atom. The molecule has 0 heterocycles. The molecule has 7 heteroatoms. The van der Waals surface area contributed by atoms with Crippen molar-refractivity contribution < 1.29 is 19.5 Å². The summed E-state index contributed by atoms with van der Waals surface area (Å²) >= 11 is 0. The van der Waals surface area contributed by atoms with Gasteiger partial charge in [-0.05, 0) is 20.0 Å². The van der Waals surface area contributed by atoms with Gasteiger partial charge in [-0.25, -0.2) is 4.79 Å². The molecule has 7 nitrogen and oxygen atoms in total. The van der Waals surface area contributed by atoms with Crippen LogP contribution in [0.4, 0.5) is 4.79 Å². The Hall–Kier alpha value is -1.63. The highest BCUT2D eigenvalue weighted by Gasteiger charge is 2.16. The summed E-state index contributed by atoms with van der Waals surface area (Å²) in [6, 6.07) is -0.464. The Labute approximate surface area is 113 Å². The van der Waals surface area contributed by atoms with Crippen molar-refractivity contribution in [2.45, 2.75) is 19.8 Å². The van der Waals surface area contributed by atoms with Gasteiger partial charge >= 0.3 is 12.0 Å². The van der Waals surface area contributed by atoms with Gasteiger partial charge in [-0.3, -0.25) is 14.9 Å². The molecule has 2 N–H and O–H groups in total. The van der Waals surface area contributed by atoms with Crippen LogP contribution in [0.1, 0.15) is 19.8 Å². The summed E-state index contributed by atoms with van der Waals surface area (Å²) in [5, 5.41) is 10.8. The van der Waals surface area contributed by atoms with Gasteiger partial charge in [0.05, 0.1) is 0 Å². The van der Waals surface area contributed by atoms with Crippen LogP contribution in [0.2, 0.25) is 0 Å². The van der Waals surface area contributed by atoms with Crippen LogP contribution in [0.3, 0.4) is 0 Å². The molecule has 19 heavy (non-hydrogen) atoms. The first kappa shape index (κ1) is 17.4. The summed E-state index contributed by atoms with van der Waals surface area (Å²) in [6.07, 6.45) is -0.0579. The first-order valence-electron chi connectivity index (χ1n) is 6.13. The third kappa shape index (κ3) is 9.01. The maximum Gasteiger partial charge on any atom is 0.323 e. The van der Waals surface area contributed by atoms with E-state index in [4.69, 9.17) is 5.11 Å². The van der Waals surface area contributed by atoms with E-state index in [9.17, 15) is 14.4 Å². The van der Waals surface area contributed by atoms with Gasteiger partial charge in [0, 0.05) is 33.0 Å². The van der Waals surface area contributed by atoms with Crippen LogP contribution in [0.25, 0.3) is 0 Å². The van der Waals surface area contributed by atoms with E-state index in [0.717, 1.165) is 0 Å². The highest BCUT2D eigenvalue weighted by Crippen LogP contribution is 2.06. The maximum atomic E-state index is 11.6.